The zero-order chi connectivity index (χ0) is 13.4. The maximum atomic E-state index is 12.2. The standard InChI is InChI=1S/C14H12BrClN2O/c15-7-9-6-13(19)18(8-9)14-10-2-1-5-17-12(10)4-3-11(14)16/h1-5,9H,6-8H2. The lowest BCUT2D eigenvalue weighted by atomic mass is 10.1. The molecular weight excluding hydrogens is 328 g/mol. The van der Waals surface area contributed by atoms with Gasteiger partial charge in [0.25, 0.3) is 0 Å². The first-order chi connectivity index (χ1) is 9.20. The van der Waals surface area contributed by atoms with Gasteiger partial charge in [0.15, 0.2) is 0 Å². The van der Waals surface area contributed by atoms with E-state index in [0.717, 1.165) is 21.9 Å². The van der Waals surface area contributed by atoms with Crippen molar-refractivity contribution in [2.24, 2.45) is 5.92 Å². The first-order valence-corrected chi connectivity index (χ1v) is 7.60. The minimum atomic E-state index is 0.128. The predicted molar refractivity (Wildman–Crippen MR) is 81.0 cm³/mol. The predicted octanol–water partition coefficient (Wildman–Crippen LogP) is 3.64. The number of carbonyl (C=O) groups excluding carboxylic acids is 1. The molecule has 0 radical (unpaired) electrons. The van der Waals surface area contributed by atoms with Gasteiger partial charge in [-0.3, -0.25) is 9.78 Å². The van der Waals surface area contributed by atoms with Crippen LogP contribution in [0.2, 0.25) is 5.02 Å². The lowest BCUT2D eigenvalue weighted by molar-refractivity contribution is -0.117. The van der Waals surface area contributed by atoms with E-state index in [2.05, 4.69) is 20.9 Å². The Balaban J connectivity index is 2.14. The normalized spacial score (nSPS) is 19.4. The van der Waals surface area contributed by atoms with Crippen LogP contribution in [0.15, 0.2) is 30.5 Å². The van der Waals surface area contributed by atoms with Crippen molar-refractivity contribution in [2.45, 2.75) is 6.42 Å². The monoisotopic (exact) mass is 338 g/mol. The molecule has 0 spiro atoms. The van der Waals surface area contributed by atoms with Crippen molar-refractivity contribution in [3.8, 4) is 0 Å². The third-order valence-electron chi connectivity index (χ3n) is 3.40. The van der Waals surface area contributed by atoms with Crippen LogP contribution in [-0.4, -0.2) is 22.8 Å². The third-order valence-corrected chi connectivity index (χ3v) is 4.62. The second-order valence-corrected chi connectivity index (χ2v) is 5.75. The number of nitrogens with zero attached hydrogens (tertiary/aromatic N) is 2. The topological polar surface area (TPSA) is 33.2 Å². The fourth-order valence-corrected chi connectivity index (χ4v) is 3.19. The molecule has 3 rings (SSSR count). The number of alkyl halides is 1. The molecule has 1 aliphatic heterocycles. The van der Waals surface area contributed by atoms with Crippen LogP contribution in [0.5, 0.6) is 0 Å². The largest absolute Gasteiger partial charge is 0.310 e. The van der Waals surface area contributed by atoms with Gasteiger partial charge in [0, 0.05) is 29.9 Å². The zero-order valence-corrected chi connectivity index (χ0v) is 12.5. The number of aromatic nitrogens is 1. The van der Waals surface area contributed by atoms with Gasteiger partial charge in [0.05, 0.1) is 16.2 Å². The van der Waals surface area contributed by atoms with Gasteiger partial charge in [0.1, 0.15) is 0 Å². The minimum Gasteiger partial charge on any atom is -0.310 e. The molecule has 1 unspecified atom stereocenters. The second kappa shape index (κ2) is 5.10. The summed E-state index contributed by atoms with van der Waals surface area (Å²) in [6, 6.07) is 7.51. The van der Waals surface area contributed by atoms with E-state index in [9.17, 15) is 4.79 Å². The Kier molecular flexibility index (Phi) is 3.46. The fraction of sp³-hybridized carbons (Fsp3) is 0.286. The van der Waals surface area contributed by atoms with Gasteiger partial charge >= 0.3 is 0 Å². The number of hydrogen-bond donors (Lipinski definition) is 0. The number of benzene rings is 1. The number of pyridine rings is 1. The summed E-state index contributed by atoms with van der Waals surface area (Å²) in [6.07, 6.45) is 2.31. The molecule has 1 saturated heterocycles. The van der Waals surface area contributed by atoms with Crippen LogP contribution in [0.4, 0.5) is 5.69 Å². The van der Waals surface area contributed by atoms with E-state index in [1.54, 1.807) is 17.2 Å². The van der Waals surface area contributed by atoms with Crippen molar-refractivity contribution in [1.82, 2.24) is 4.98 Å². The Morgan fingerprint density at radius 1 is 1.42 bits per heavy atom. The van der Waals surface area contributed by atoms with Gasteiger partial charge in [-0.15, -0.1) is 0 Å². The van der Waals surface area contributed by atoms with Gasteiger partial charge < -0.3 is 4.90 Å². The smallest absolute Gasteiger partial charge is 0.227 e. The van der Waals surface area contributed by atoms with Gasteiger partial charge in [-0.25, -0.2) is 0 Å². The van der Waals surface area contributed by atoms with Crippen LogP contribution in [0.25, 0.3) is 10.9 Å². The van der Waals surface area contributed by atoms with Crippen LogP contribution in [-0.2, 0) is 4.79 Å². The Hall–Kier alpha value is -1.13. The molecule has 98 valence electrons. The number of anilines is 1. The van der Waals surface area contributed by atoms with Gasteiger partial charge in [-0.1, -0.05) is 27.5 Å². The molecule has 1 amide bonds. The molecule has 1 aromatic carbocycles. The number of carbonyl (C=O) groups is 1. The molecule has 0 aliphatic carbocycles. The van der Waals surface area contributed by atoms with Crippen molar-refractivity contribution in [1.29, 1.82) is 0 Å². The first-order valence-electron chi connectivity index (χ1n) is 6.10. The van der Waals surface area contributed by atoms with E-state index in [4.69, 9.17) is 11.6 Å². The summed E-state index contributed by atoms with van der Waals surface area (Å²) < 4.78 is 0. The van der Waals surface area contributed by atoms with E-state index in [-0.39, 0.29) is 5.91 Å². The summed E-state index contributed by atoms with van der Waals surface area (Å²) in [6.45, 7) is 0.706. The maximum Gasteiger partial charge on any atom is 0.227 e. The molecule has 1 aromatic heterocycles. The molecule has 1 fully saturated rings. The molecule has 0 bridgehead atoms. The lowest BCUT2D eigenvalue weighted by Gasteiger charge is -2.20. The number of halogens is 2. The first kappa shape index (κ1) is 12.9. The SMILES string of the molecule is O=C1CC(CBr)CN1c1c(Cl)ccc2ncccc12. The van der Waals surface area contributed by atoms with Crippen LogP contribution in [0.3, 0.4) is 0 Å². The Morgan fingerprint density at radius 3 is 3.00 bits per heavy atom. The third kappa shape index (κ3) is 2.23. The highest BCUT2D eigenvalue weighted by Crippen LogP contribution is 2.37. The molecule has 0 N–H and O–H groups in total. The summed E-state index contributed by atoms with van der Waals surface area (Å²) in [5.41, 5.74) is 1.65. The number of fused-ring (bicyclic) bond motifs is 1. The summed E-state index contributed by atoms with van der Waals surface area (Å²) in [4.78, 5) is 18.3. The average molecular weight is 340 g/mol. The Bertz CT molecular complexity index is 646. The molecule has 1 aliphatic rings. The molecule has 2 aromatic rings. The van der Waals surface area contributed by atoms with Crippen LogP contribution >= 0.6 is 27.5 Å². The van der Waals surface area contributed by atoms with Gasteiger partial charge in [-0.2, -0.15) is 0 Å². The van der Waals surface area contributed by atoms with Crippen molar-refractivity contribution >= 4 is 50.0 Å². The molecule has 19 heavy (non-hydrogen) atoms. The maximum absolute atomic E-state index is 12.2. The van der Waals surface area contributed by atoms with Crippen molar-refractivity contribution in [3.05, 3.63) is 35.5 Å². The van der Waals surface area contributed by atoms with Crippen molar-refractivity contribution in [2.75, 3.05) is 16.8 Å². The number of rotatable bonds is 2. The summed E-state index contributed by atoms with van der Waals surface area (Å²) in [5.74, 6) is 0.471. The minimum absolute atomic E-state index is 0.128. The second-order valence-electron chi connectivity index (χ2n) is 4.69. The summed E-state index contributed by atoms with van der Waals surface area (Å²) in [5, 5.41) is 2.36. The van der Waals surface area contributed by atoms with E-state index in [1.165, 1.54) is 0 Å². The lowest BCUT2D eigenvalue weighted by Crippen LogP contribution is -2.25. The highest BCUT2D eigenvalue weighted by molar-refractivity contribution is 9.09. The number of hydrogen-bond acceptors (Lipinski definition) is 2. The highest BCUT2D eigenvalue weighted by Gasteiger charge is 2.31. The Labute approximate surface area is 124 Å². The van der Waals surface area contributed by atoms with Gasteiger partial charge in [0.2, 0.25) is 5.91 Å². The quantitative estimate of drug-likeness (QED) is 0.783. The molecule has 2 heterocycles. The molecular formula is C14H12BrClN2O. The van der Waals surface area contributed by atoms with E-state index in [0.29, 0.717) is 23.9 Å². The Morgan fingerprint density at radius 2 is 2.26 bits per heavy atom. The summed E-state index contributed by atoms with van der Waals surface area (Å²) in [7, 11) is 0. The summed E-state index contributed by atoms with van der Waals surface area (Å²) >= 11 is 9.75. The molecule has 5 heteroatoms. The van der Waals surface area contributed by atoms with E-state index in [1.807, 2.05) is 18.2 Å². The highest BCUT2D eigenvalue weighted by atomic mass is 79.9. The van der Waals surface area contributed by atoms with Crippen LogP contribution in [0, 0.1) is 5.92 Å². The van der Waals surface area contributed by atoms with Crippen molar-refractivity contribution < 1.29 is 4.79 Å². The molecule has 0 saturated carbocycles. The molecule has 1 atom stereocenters. The van der Waals surface area contributed by atoms with Gasteiger partial charge in [-0.05, 0) is 30.2 Å². The van der Waals surface area contributed by atoms with Crippen molar-refractivity contribution in [3.63, 3.8) is 0 Å². The van der Waals surface area contributed by atoms with Crippen LogP contribution < -0.4 is 4.90 Å². The van der Waals surface area contributed by atoms with E-state index < -0.39 is 0 Å². The fourth-order valence-electron chi connectivity index (χ4n) is 2.49. The zero-order valence-electron chi connectivity index (χ0n) is 10.1. The number of amides is 1. The van der Waals surface area contributed by atoms with Crippen LogP contribution in [0.1, 0.15) is 6.42 Å². The average Bonchev–Trinajstić information content (AvgIpc) is 2.80. The van der Waals surface area contributed by atoms with E-state index >= 15 is 0 Å². The molecule has 3 nitrogen and oxygen atoms in total.